The van der Waals surface area contributed by atoms with Crippen LogP contribution in [-0.4, -0.2) is 62.2 Å². The second kappa shape index (κ2) is 9.64. The number of hydrogen-bond acceptors (Lipinski definition) is 4. The van der Waals surface area contributed by atoms with Crippen LogP contribution >= 0.6 is 23.2 Å². The van der Waals surface area contributed by atoms with E-state index in [-0.39, 0.29) is 65.4 Å². The van der Waals surface area contributed by atoms with Gasteiger partial charge in [-0.3, -0.25) is 9.59 Å². The van der Waals surface area contributed by atoms with Crippen molar-refractivity contribution < 1.29 is 18.0 Å². The van der Waals surface area contributed by atoms with E-state index < -0.39 is 10.0 Å². The predicted molar refractivity (Wildman–Crippen MR) is 111 cm³/mol. The van der Waals surface area contributed by atoms with E-state index in [1.807, 2.05) is 0 Å². The lowest BCUT2D eigenvalue weighted by molar-refractivity contribution is -0.135. The lowest BCUT2D eigenvalue weighted by Crippen LogP contribution is -2.52. The Hall–Kier alpha value is -1.35. The lowest BCUT2D eigenvalue weighted by atomic mass is 9.89. The Morgan fingerprint density at radius 3 is 2.34 bits per heavy atom. The van der Waals surface area contributed by atoms with Crippen LogP contribution in [0.5, 0.6) is 0 Å². The lowest BCUT2D eigenvalue weighted by Gasteiger charge is -2.34. The molecule has 0 spiro atoms. The van der Waals surface area contributed by atoms with Crippen molar-refractivity contribution in [2.45, 2.75) is 37.0 Å². The Kier molecular flexibility index (Phi) is 7.42. The van der Waals surface area contributed by atoms with Gasteiger partial charge in [0.1, 0.15) is 4.90 Å². The maximum Gasteiger partial charge on any atom is 0.244 e. The van der Waals surface area contributed by atoms with Gasteiger partial charge in [-0.1, -0.05) is 42.5 Å². The maximum absolute atomic E-state index is 12.8. The van der Waals surface area contributed by atoms with Gasteiger partial charge in [-0.15, -0.1) is 0 Å². The fourth-order valence-corrected chi connectivity index (χ4v) is 5.93. The first-order valence-electron chi connectivity index (χ1n) is 9.80. The molecule has 0 radical (unpaired) electrons. The van der Waals surface area contributed by atoms with Gasteiger partial charge in [0.2, 0.25) is 21.8 Å². The predicted octanol–water partition coefficient (Wildman–Crippen LogP) is 2.52. The van der Waals surface area contributed by atoms with Crippen molar-refractivity contribution in [3.8, 4) is 0 Å². The Morgan fingerprint density at radius 2 is 1.69 bits per heavy atom. The molecule has 2 amide bonds. The quantitative estimate of drug-likeness (QED) is 0.729. The van der Waals surface area contributed by atoms with Crippen LogP contribution in [0.15, 0.2) is 23.1 Å². The molecule has 0 aromatic heterocycles. The van der Waals surface area contributed by atoms with Crippen molar-refractivity contribution in [3.05, 3.63) is 28.2 Å². The minimum atomic E-state index is -3.80. The van der Waals surface area contributed by atoms with Crippen molar-refractivity contribution in [1.29, 1.82) is 0 Å². The second-order valence-electron chi connectivity index (χ2n) is 7.41. The number of rotatable bonds is 5. The molecule has 10 heteroatoms. The summed E-state index contributed by atoms with van der Waals surface area (Å²) < 4.78 is 27.0. The molecular weight excluding hydrogens is 437 g/mol. The van der Waals surface area contributed by atoms with Gasteiger partial charge in [0.05, 0.1) is 11.6 Å². The monoisotopic (exact) mass is 461 g/mol. The van der Waals surface area contributed by atoms with E-state index >= 15 is 0 Å². The smallest absolute Gasteiger partial charge is 0.244 e. The van der Waals surface area contributed by atoms with Crippen LogP contribution in [-0.2, 0) is 19.6 Å². The molecular formula is C19H25Cl2N3O4S. The standard InChI is InChI=1S/C19H25Cl2N3O4S/c20-15-6-7-16(21)17(12-15)29(27,28)24-10-8-23(9-11-24)18(25)13-22-19(26)14-4-2-1-3-5-14/h6-7,12,14H,1-5,8-11,13H2,(H,22,26). The topological polar surface area (TPSA) is 86.8 Å². The number of carbonyl (C=O) groups is 2. The molecule has 0 bridgehead atoms. The first kappa shape index (κ1) is 22.3. The summed E-state index contributed by atoms with van der Waals surface area (Å²) in [6.07, 6.45) is 5.03. The van der Waals surface area contributed by atoms with Gasteiger partial charge in [0, 0.05) is 37.1 Å². The number of piperazine rings is 1. The zero-order valence-electron chi connectivity index (χ0n) is 16.1. The highest BCUT2D eigenvalue weighted by Gasteiger charge is 2.32. The summed E-state index contributed by atoms with van der Waals surface area (Å²) in [7, 11) is -3.80. The highest BCUT2D eigenvalue weighted by atomic mass is 35.5. The number of hydrogen-bond donors (Lipinski definition) is 1. The summed E-state index contributed by atoms with van der Waals surface area (Å²) >= 11 is 12.0. The summed E-state index contributed by atoms with van der Waals surface area (Å²) in [6.45, 7) is 0.786. The fourth-order valence-electron chi connectivity index (χ4n) is 3.78. The maximum atomic E-state index is 12.8. The molecule has 1 saturated carbocycles. The van der Waals surface area contributed by atoms with Crippen molar-refractivity contribution in [2.75, 3.05) is 32.7 Å². The van der Waals surface area contributed by atoms with Crippen LogP contribution in [0.25, 0.3) is 0 Å². The zero-order chi connectivity index (χ0) is 21.0. The van der Waals surface area contributed by atoms with Crippen LogP contribution in [0.3, 0.4) is 0 Å². The Morgan fingerprint density at radius 1 is 1.03 bits per heavy atom. The molecule has 1 aromatic rings. The van der Waals surface area contributed by atoms with Crippen LogP contribution in [0.2, 0.25) is 10.0 Å². The number of carbonyl (C=O) groups excluding carboxylic acids is 2. The van der Waals surface area contributed by atoms with Gasteiger partial charge in [0.15, 0.2) is 0 Å². The van der Waals surface area contributed by atoms with Gasteiger partial charge in [-0.2, -0.15) is 4.31 Å². The van der Waals surface area contributed by atoms with Gasteiger partial charge < -0.3 is 10.2 Å². The number of halogens is 2. The minimum absolute atomic E-state index is 0.000912. The third kappa shape index (κ3) is 5.42. The SMILES string of the molecule is O=C(NCC(=O)N1CCN(S(=O)(=O)c2cc(Cl)ccc2Cl)CC1)C1CCCCC1. The van der Waals surface area contributed by atoms with Crippen LogP contribution in [0.4, 0.5) is 0 Å². The summed E-state index contributed by atoms with van der Waals surface area (Å²) in [5, 5.41) is 3.13. The largest absolute Gasteiger partial charge is 0.347 e. The summed E-state index contributed by atoms with van der Waals surface area (Å²) in [5.74, 6) is -0.261. The van der Waals surface area contributed by atoms with Crippen LogP contribution in [0.1, 0.15) is 32.1 Å². The molecule has 7 nitrogen and oxygen atoms in total. The molecule has 1 aliphatic heterocycles. The van der Waals surface area contributed by atoms with Gasteiger partial charge in [0.25, 0.3) is 0 Å². The van der Waals surface area contributed by atoms with Crippen molar-refractivity contribution in [1.82, 2.24) is 14.5 Å². The number of sulfonamides is 1. The second-order valence-corrected chi connectivity index (χ2v) is 10.2. The van der Waals surface area contributed by atoms with E-state index in [2.05, 4.69) is 5.32 Å². The molecule has 2 aliphatic rings. The van der Waals surface area contributed by atoms with Gasteiger partial charge in [-0.05, 0) is 31.0 Å². The third-order valence-corrected chi connectivity index (χ3v) is 8.11. The van der Waals surface area contributed by atoms with Crippen LogP contribution in [0, 0.1) is 5.92 Å². The molecule has 29 heavy (non-hydrogen) atoms. The molecule has 1 heterocycles. The van der Waals surface area contributed by atoms with Gasteiger partial charge in [-0.25, -0.2) is 8.42 Å². The van der Waals surface area contributed by atoms with E-state index in [9.17, 15) is 18.0 Å². The molecule has 1 N–H and O–H groups in total. The van der Waals surface area contributed by atoms with E-state index in [1.165, 1.54) is 22.5 Å². The summed E-state index contributed by atoms with van der Waals surface area (Å²) in [5.41, 5.74) is 0. The number of benzene rings is 1. The minimum Gasteiger partial charge on any atom is -0.347 e. The first-order chi connectivity index (χ1) is 13.8. The molecule has 0 atom stereocenters. The Bertz CT molecular complexity index is 864. The molecule has 1 saturated heterocycles. The molecule has 2 fully saturated rings. The van der Waals surface area contributed by atoms with Crippen LogP contribution < -0.4 is 5.32 Å². The number of amides is 2. The van der Waals surface area contributed by atoms with Crippen molar-refractivity contribution in [3.63, 3.8) is 0 Å². The zero-order valence-corrected chi connectivity index (χ0v) is 18.4. The van der Waals surface area contributed by atoms with E-state index in [0.717, 1.165) is 32.1 Å². The third-order valence-electron chi connectivity index (χ3n) is 5.49. The van der Waals surface area contributed by atoms with Crippen molar-refractivity contribution in [2.24, 2.45) is 5.92 Å². The van der Waals surface area contributed by atoms with E-state index in [0.29, 0.717) is 0 Å². The Labute approximate surface area is 181 Å². The van der Waals surface area contributed by atoms with E-state index in [4.69, 9.17) is 23.2 Å². The molecule has 3 rings (SSSR count). The Balaban J connectivity index is 1.52. The normalized spacial score (nSPS) is 19.2. The molecule has 1 aromatic carbocycles. The van der Waals surface area contributed by atoms with Crippen molar-refractivity contribution >= 4 is 45.0 Å². The summed E-state index contributed by atoms with van der Waals surface area (Å²) in [4.78, 5) is 26.1. The molecule has 0 unspecified atom stereocenters. The van der Waals surface area contributed by atoms with E-state index in [1.54, 1.807) is 4.90 Å². The number of nitrogens with zero attached hydrogens (tertiary/aromatic N) is 2. The first-order valence-corrected chi connectivity index (χ1v) is 12.0. The molecule has 1 aliphatic carbocycles. The van der Waals surface area contributed by atoms with Gasteiger partial charge >= 0.3 is 0 Å². The molecule has 160 valence electrons. The fraction of sp³-hybridized carbons (Fsp3) is 0.579. The average Bonchev–Trinajstić information content (AvgIpc) is 2.74. The summed E-state index contributed by atoms with van der Waals surface area (Å²) in [6, 6.07) is 4.31. The highest BCUT2D eigenvalue weighted by molar-refractivity contribution is 7.89. The average molecular weight is 462 g/mol. The highest BCUT2D eigenvalue weighted by Crippen LogP contribution is 2.28. The number of nitrogens with one attached hydrogen (secondary N) is 1.